The molecule has 0 aromatic heterocycles. The molecule has 0 fully saturated rings. The first-order chi connectivity index (χ1) is 8.68. The highest BCUT2D eigenvalue weighted by Gasteiger charge is 2.20. The predicted molar refractivity (Wildman–Crippen MR) is 75.1 cm³/mol. The first kappa shape index (κ1) is 12.9. The average molecular weight is 247 g/mol. The zero-order valence-corrected chi connectivity index (χ0v) is 11.1. The third-order valence-electron chi connectivity index (χ3n) is 3.14. The predicted octanol–water partition coefficient (Wildman–Crippen LogP) is 1.79. The van der Waals surface area contributed by atoms with Crippen LogP contribution in [0, 0.1) is 0 Å². The fraction of sp³-hybridized carbons (Fsp3) is 0.500. The summed E-state index contributed by atoms with van der Waals surface area (Å²) >= 11 is 0. The van der Waals surface area contributed by atoms with Crippen molar-refractivity contribution < 1.29 is 4.79 Å². The summed E-state index contributed by atoms with van der Waals surface area (Å²) in [6.07, 6.45) is 1.56. The number of carbonyl (C=O) groups is 1. The molecule has 0 saturated carbocycles. The standard InChI is InChI=1S/C14H21N3O/c1-16(2)10-5-11-17-13-7-4-3-6-12(13)15-9-8-14(17)18/h3-4,6-7,15H,5,8-11H2,1-2H3. The number of hydrogen-bond acceptors (Lipinski definition) is 3. The summed E-state index contributed by atoms with van der Waals surface area (Å²) in [5.41, 5.74) is 2.08. The summed E-state index contributed by atoms with van der Waals surface area (Å²) in [5, 5.41) is 3.31. The summed E-state index contributed by atoms with van der Waals surface area (Å²) in [6, 6.07) is 8.03. The van der Waals surface area contributed by atoms with Crippen LogP contribution in [0.2, 0.25) is 0 Å². The van der Waals surface area contributed by atoms with Gasteiger partial charge in [0.2, 0.25) is 5.91 Å². The quantitative estimate of drug-likeness (QED) is 0.881. The van der Waals surface area contributed by atoms with Gasteiger partial charge in [0.1, 0.15) is 0 Å². The second-order valence-corrected chi connectivity index (χ2v) is 4.90. The van der Waals surface area contributed by atoms with Crippen LogP contribution in [0.3, 0.4) is 0 Å². The summed E-state index contributed by atoms with van der Waals surface area (Å²) in [4.78, 5) is 16.2. The molecule has 4 heteroatoms. The maximum absolute atomic E-state index is 12.1. The van der Waals surface area contributed by atoms with Gasteiger partial charge in [0.25, 0.3) is 0 Å². The van der Waals surface area contributed by atoms with Crippen LogP contribution in [0.4, 0.5) is 11.4 Å². The van der Waals surface area contributed by atoms with Crippen LogP contribution in [0.25, 0.3) is 0 Å². The van der Waals surface area contributed by atoms with Gasteiger partial charge < -0.3 is 15.1 Å². The molecule has 1 aliphatic heterocycles. The minimum absolute atomic E-state index is 0.214. The highest BCUT2D eigenvalue weighted by molar-refractivity contribution is 5.98. The fourth-order valence-corrected chi connectivity index (χ4v) is 2.22. The molecule has 1 aliphatic rings. The van der Waals surface area contributed by atoms with Gasteiger partial charge >= 0.3 is 0 Å². The number of rotatable bonds is 4. The van der Waals surface area contributed by atoms with Crippen molar-refractivity contribution in [3.8, 4) is 0 Å². The molecule has 0 spiro atoms. The normalized spacial score (nSPS) is 15.3. The van der Waals surface area contributed by atoms with Crippen molar-refractivity contribution in [3.05, 3.63) is 24.3 Å². The van der Waals surface area contributed by atoms with Crippen LogP contribution in [0.1, 0.15) is 12.8 Å². The topological polar surface area (TPSA) is 35.6 Å². The van der Waals surface area contributed by atoms with Crippen molar-refractivity contribution in [3.63, 3.8) is 0 Å². The second kappa shape index (κ2) is 5.87. The van der Waals surface area contributed by atoms with E-state index in [2.05, 4.69) is 24.3 Å². The van der Waals surface area contributed by atoms with Crippen molar-refractivity contribution in [2.75, 3.05) is 43.9 Å². The van der Waals surface area contributed by atoms with E-state index >= 15 is 0 Å². The Balaban J connectivity index is 2.13. The van der Waals surface area contributed by atoms with Gasteiger partial charge in [-0.25, -0.2) is 0 Å². The lowest BCUT2D eigenvalue weighted by atomic mass is 10.2. The second-order valence-electron chi connectivity index (χ2n) is 4.90. The van der Waals surface area contributed by atoms with Crippen LogP contribution in [0.15, 0.2) is 24.3 Å². The molecule has 18 heavy (non-hydrogen) atoms. The van der Waals surface area contributed by atoms with E-state index in [1.54, 1.807) is 0 Å². The van der Waals surface area contributed by atoms with Crippen LogP contribution < -0.4 is 10.2 Å². The fourth-order valence-electron chi connectivity index (χ4n) is 2.22. The molecular weight excluding hydrogens is 226 g/mol. The Labute approximate surface area is 109 Å². The van der Waals surface area contributed by atoms with Crippen molar-refractivity contribution in [2.45, 2.75) is 12.8 Å². The molecule has 0 saturated heterocycles. The van der Waals surface area contributed by atoms with Gasteiger partial charge in [0, 0.05) is 19.5 Å². The Bertz CT molecular complexity index is 417. The number of anilines is 2. The summed E-state index contributed by atoms with van der Waals surface area (Å²) in [7, 11) is 4.11. The molecular formula is C14H21N3O. The molecule has 2 rings (SSSR count). The number of carbonyl (C=O) groups excluding carboxylic acids is 1. The van der Waals surface area contributed by atoms with Crippen LogP contribution in [-0.4, -0.2) is 44.5 Å². The summed E-state index contributed by atoms with van der Waals surface area (Å²) in [5.74, 6) is 0.214. The SMILES string of the molecule is CN(C)CCCN1C(=O)CCNc2ccccc21. The van der Waals surface area contributed by atoms with Crippen LogP contribution in [-0.2, 0) is 4.79 Å². The van der Waals surface area contributed by atoms with E-state index in [1.807, 2.05) is 29.2 Å². The molecule has 1 amide bonds. The summed E-state index contributed by atoms with van der Waals surface area (Å²) < 4.78 is 0. The first-order valence-corrected chi connectivity index (χ1v) is 6.46. The number of fused-ring (bicyclic) bond motifs is 1. The highest BCUT2D eigenvalue weighted by Crippen LogP contribution is 2.28. The van der Waals surface area contributed by atoms with Crippen molar-refractivity contribution in [1.82, 2.24) is 4.90 Å². The molecule has 0 unspecified atom stereocenters. The molecule has 98 valence electrons. The number of hydrogen-bond donors (Lipinski definition) is 1. The molecule has 1 heterocycles. The number of nitrogens with one attached hydrogen (secondary N) is 1. The van der Waals surface area contributed by atoms with Gasteiger partial charge in [-0.3, -0.25) is 4.79 Å². The Kier molecular flexibility index (Phi) is 4.20. The maximum atomic E-state index is 12.1. The zero-order valence-electron chi connectivity index (χ0n) is 11.1. The van der Waals surface area contributed by atoms with E-state index in [0.29, 0.717) is 6.42 Å². The van der Waals surface area contributed by atoms with Crippen LogP contribution >= 0.6 is 0 Å². The van der Waals surface area contributed by atoms with Gasteiger partial charge in [-0.15, -0.1) is 0 Å². The lowest BCUT2D eigenvalue weighted by molar-refractivity contribution is -0.118. The number of nitrogens with zero attached hydrogens (tertiary/aromatic N) is 2. The first-order valence-electron chi connectivity index (χ1n) is 6.46. The minimum Gasteiger partial charge on any atom is -0.383 e. The molecule has 1 aromatic carbocycles. The van der Waals surface area contributed by atoms with Gasteiger partial charge in [-0.05, 0) is 39.2 Å². The lowest BCUT2D eigenvalue weighted by Gasteiger charge is -2.23. The molecule has 1 N–H and O–H groups in total. The third kappa shape index (κ3) is 3.01. The van der Waals surface area contributed by atoms with Crippen molar-refractivity contribution in [2.24, 2.45) is 0 Å². The van der Waals surface area contributed by atoms with E-state index in [1.165, 1.54) is 0 Å². The number of benzene rings is 1. The zero-order chi connectivity index (χ0) is 13.0. The molecule has 0 radical (unpaired) electrons. The van der Waals surface area contributed by atoms with E-state index in [0.717, 1.165) is 37.4 Å². The van der Waals surface area contributed by atoms with Crippen molar-refractivity contribution in [1.29, 1.82) is 0 Å². The Hall–Kier alpha value is -1.55. The monoisotopic (exact) mass is 247 g/mol. The van der Waals surface area contributed by atoms with Gasteiger partial charge in [-0.2, -0.15) is 0 Å². The number of amides is 1. The largest absolute Gasteiger partial charge is 0.383 e. The maximum Gasteiger partial charge on any atom is 0.228 e. The van der Waals surface area contributed by atoms with Gasteiger partial charge in [0.15, 0.2) is 0 Å². The van der Waals surface area contributed by atoms with Gasteiger partial charge in [0.05, 0.1) is 11.4 Å². The van der Waals surface area contributed by atoms with E-state index in [4.69, 9.17) is 0 Å². The minimum atomic E-state index is 0.214. The number of para-hydroxylation sites is 2. The Morgan fingerprint density at radius 2 is 2.11 bits per heavy atom. The Morgan fingerprint density at radius 1 is 1.33 bits per heavy atom. The molecule has 0 atom stereocenters. The van der Waals surface area contributed by atoms with Gasteiger partial charge in [-0.1, -0.05) is 12.1 Å². The van der Waals surface area contributed by atoms with Crippen molar-refractivity contribution >= 4 is 17.3 Å². The molecule has 0 aliphatic carbocycles. The van der Waals surface area contributed by atoms with E-state index < -0.39 is 0 Å². The average Bonchev–Trinajstić information content (AvgIpc) is 2.49. The van der Waals surface area contributed by atoms with E-state index in [9.17, 15) is 4.79 Å². The molecule has 0 bridgehead atoms. The van der Waals surface area contributed by atoms with E-state index in [-0.39, 0.29) is 5.91 Å². The highest BCUT2D eigenvalue weighted by atomic mass is 16.2. The Morgan fingerprint density at radius 3 is 2.89 bits per heavy atom. The molecule has 4 nitrogen and oxygen atoms in total. The van der Waals surface area contributed by atoms with Crippen LogP contribution in [0.5, 0.6) is 0 Å². The molecule has 1 aromatic rings. The summed E-state index contributed by atoms with van der Waals surface area (Å²) in [6.45, 7) is 2.51. The third-order valence-corrected chi connectivity index (χ3v) is 3.14. The smallest absolute Gasteiger partial charge is 0.228 e. The lowest BCUT2D eigenvalue weighted by Crippen LogP contribution is -2.32.